The Balaban J connectivity index is 1.59. The summed E-state index contributed by atoms with van der Waals surface area (Å²) in [7, 11) is 0. The van der Waals surface area contributed by atoms with Crippen LogP contribution in [0.4, 0.5) is 0 Å². The number of hydrogen-bond donors (Lipinski definition) is 4. The van der Waals surface area contributed by atoms with Crippen molar-refractivity contribution in [1.29, 1.82) is 0 Å². The van der Waals surface area contributed by atoms with Crippen LogP contribution in [0.2, 0.25) is 0 Å². The second-order valence-electron chi connectivity index (χ2n) is 7.59. The third-order valence-electron chi connectivity index (χ3n) is 5.76. The van der Waals surface area contributed by atoms with Crippen molar-refractivity contribution >= 4 is 22.9 Å². The van der Waals surface area contributed by atoms with E-state index in [0.717, 1.165) is 18.4 Å². The number of carbonyl (C=O) groups excluding carboxylic acids is 1. The maximum absolute atomic E-state index is 12.8. The van der Waals surface area contributed by atoms with Crippen molar-refractivity contribution in [2.75, 3.05) is 19.6 Å². The predicted molar refractivity (Wildman–Crippen MR) is 101 cm³/mol. The van der Waals surface area contributed by atoms with E-state index in [4.69, 9.17) is 5.11 Å². The molecule has 9 heteroatoms. The Labute approximate surface area is 161 Å². The van der Waals surface area contributed by atoms with Crippen LogP contribution in [-0.2, 0) is 4.79 Å². The summed E-state index contributed by atoms with van der Waals surface area (Å²) in [5.74, 6) is -1.23. The van der Waals surface area contributed by atoms with E-state index in [-0.39, 0.29) is 30.3 Å². The van der Waals surface area contributed by atoms with E-state index in [1.54, 1.807) is 22.8 Å². The summed E-state index contributed by atoms with van der Waals surface area (Å²) in [6.07, 6.45) is 2.54. The molecule has 2 aromatic rings. The number of carboxylic acid groups (broad SMARTS) is 1. The average molecular weight is 388 g/mol. The molecular formula is C19H24N4O5. The van der Waals surface area contributed by atoms with Crippen LogP contribution in [0.5, 0.6) is 0 Å². The highest BCUT2D eigenvalue weighted by molar-refractivity contribution is 5.97. The van der Waals surface area contributed by atoms with Crippen LogP contribution in [0.1, 0.15) is 42.1 Å². The number of aromatic nitrogens is 2. The number of carbonyl (C=O) groups is 2. The molecule has 0 radical (unpaired) electrons. The lowest BCUT2D eigenvalue weighted by atomic mass is 9.93. The SMILES string of the molecule is O=C(O)C1CN(C(=O)c2ccc3c(c2)[nH]c(=O)n3C2CCC(O)CC2)CCN1. The second kappa shape index (κ2) is 7.40. The minimum atomic E-state index is -0.980. The molecule has 9 nitrogen and oxygen atoms in total. The molecule has 0 spiro atoms. The number of aliphatic hydroxyl groups is 1. The molecule has 150 valence electrons. The van der Waals surface area contributed by atoms with Crippen LogP contribution in [0.3, 0.4) is 0 Å². The fraction of sp³-hybridized carbons (Fsp3) is 0.526. The van der Waals surface area contributed by atoms with Crippen LogP contribution < -0.4 is 11.0 Å². The molecule has 1 saturated heterocycles. The molecule has 4 N–H and O–H groups in total. The zero-order valence-electron chi connectivity index (χ0n) is 15.4. The fourth-order valence-electron chi connectivity index (χ4n) is 4.23. The first-order chi connectivity index (χ1) is 13.4. The van der Waals surface area contributed by atoms with Crippen molar-refractivity contribution in [3.63, 3.8) is 0 Å². The lowest BCUT2D eigenvalue weighted by molar-refractivity contribution is -0.140. The molecular weight excluding hydrogens is 364 g/mol. The Morgan fingerprint density at radius 2 is 1.89 bits per heavy atom. The summed E-state index contributed by atoms with van der Waals surface area (Å²) in [4.78, 5) is 40.9. The predicted octanol–water partition coefficient (Wildman–Crippen LogP) is 0.304. The van der Waals surface area contributed by atoms with Gasteiger partial charge in [-0.2, -0.15) is 0 Å². The van der Waals surface area contributed by atoms with Gasteiger partial charge in [0.25, 0.3) is 5.91 Å². The Kier molecular flexibility index (Phi) is 4.94. The van der Waals surface area contributed by atoms with Gasteiger partial charge < -0.3 is 25.4 Å². The van der Waals surface area contributed by atoms with E-state index in [1.165, 1.54) is 4.90 Å². The molecule has 1 amide bonds. The number of aliphatic hydroxyl groups excluding tert-OH is 1. The largest absolute Gasteiger partial charge is 0.480 e. The zero-order valence-corrected chi connectivity index (χ0v) is 15.4. The van der Waals surface area contributed by atoms with Crippen molar-refractivity contribution in [3.05, 3.63) is 34.2 Å². The van der Waals surface area contributed by atoms with E-state index in [2.05, 4.69) is 10.3 Å². The first-order valence-corrected chi connectivity index (χ1v) is 9.62. The number of benzene rings is 1. The molecule has 1 unspecified atom stereocenters. The van der Waals surface area contributed by atoms with E-state index < -0.39 is 12.0 Å². The third kappa shape index (κ3) is 3.43. The number of H-pyrrole nitrogens is 1. The molecule has 4 rings (SSSR count). The van der Waals surface area contributed by atoms with Crippen LogP contribution in [0.25, 0.3) is 11.0 Å². The lowest BCUT2D eigenvalue weighted by Crippen LogP contribution is -2.55. The molecule has 1 atom stereocenters. The number of fused-ring (bicyclic) bond motifs is 1. The molecule has 1 aromatic heterocycles. The van der Waals surface area contributed by atoms with Crippen molar-refractivity contribution in [1.82, 2.24) is 19.8 Å². The number of aromatic amines is 1. The molecule has 1 aromatic carbocycles. The molecule has 0 bridgehead atoms. The number of nitrogens with one attached hydrogen (secondary N) is 2. The number of nitrogens with zero attached hydrogens (tertiary/aromatic N) is 2. The van der Waals surface area contributed by atoms with E-state index >= 15 is 0 Å². The molecule has 1 aliphatic carbocycles. The van der Waals surface area contributed by atoms with E-state index in [0.29, 0.717) is 37.0 Å². The number of carboxylic acids is 1. The Hall–Kier alpha value is -2.65. The van der Waals surface area contributed by atoms with Crippen molar-refractivity contribution in [3.8, 4) is 0 Å². The molecule has 1 saturated carbocycles. The Morgan fingerprint density at radius 3 is 2.61 bits per heavy atom. The van der Waals surface area contributed by atoms with Gasteiger partial charge in [-0.25, -0.2) is 4.79 Å². The summed E-state index contributed by atoms with van der Waals surface area (Å²) in [6.45, 7) is 0.961. The molecule has 1 aliphatic heterocycles. The molecule has 2 aliphatic rings. The number of piperazine rings is 1. The summed E-state index contributed by atoms with van der Waals surface area (Å²) >= 11 is 0. The van der Waals surface area contributed by atoms with Crippen molar-refractivity contribution in [2.24, 2.45) is 0 Å². The van der Waals surface area contributed by atoms with Gasteiger partial charge in [0.2, 0.25) is 0 Å². The van der Waals surface area contributed by atoms with E-state index in [1.807, 2.05) is 0 Å². The summed E-state index contributed by atoms with van der Waals surface area (Å²) in [5, 5.41) is 21.7. The van der Waals surface area contributed by atoms with Gasteiger partial charge in [-0.05, 0) is 43.9 Å². The number of hydrogen-bond acceptors (Lipinski definition) is 5. The zero-order chi connectivity index (χ0) is 19.8. The van der Waals surface area contributed by atoms with Gasteiger partial charge in [-0.15, -0.1) is 0 Å². The van der Waals surface area contributed by atoms with Crippen LogP contribution in [-0.4, -0.2) is 68.3 Å². The monoisotopic (exact) mass is 388 g/mol. The minimum Gasteiger partial charge on any atom is -0.480 e. The second-order valence-corrected chi connectivity index (χ2v) is 7.59. The maximum atomic E-state index is 12.8. The Morgan fingerprint density at radius 1 is 1.14 bits per heavy atom. The highest BCUT2D eigenvalue weighted by Crippen LogP contribution is 2.30. The van der Waals surface area contributed by atoms with Crippen molar-refractivity contribution in [2.45, 2.75) is 43.9 Å². The maximum Gasteiger partial charge on any atom is 0.326 e. The smallest absolute Gasteiger partial charge is 0.326 e. The molecule has 28 heavy (non-hydrogen) atoms. The highest BCUT2D eigenvalue weighted by atomic mass is 16.4. The quantitative estimate of drug-likeness (QED) is 0.599. The standard InChI is InChI=1S/C19H24N4O5/c24-13-4-2-12(3-5-13)23-16-6-1-11(9-14(16)21-19(23)28)17(25)22-8-7-20-15(10-22)18(26)27/h1,6,9,12-13,15,20,24H,2-5,7-8,10H2,(H,21,28)(H,26,27). The molecule has 2 fully saturated rings. The highest BCUT2D eigenvalue weighted by Gasteiger charge is 2.29. The van der Waals surface area contributed by atoms with Gasteiger partial charge in [-0.3, -0.25) is 14.2 Å². The first kappa shape index (κ1) is 18.7. The lowest BCUT2D eigenvalue weighted by Gasteiger charge is -2.31. The van der Waals surface area contributed by atoms with Gasteiger partial charge in [0.05, 0.1) is 17.1 Å². The summed E-state index contributed by atoms with van der Waals surface area (Å²) in [5.41, 5.74) is 1.54. The average Bonchev–Trinajstić information content (AvgIpc) is 3.03. The number of rotatable bonds is 3. The van der Waals surface area contributed by atoms with Crippen LogP contribution in [0, 0.1) is 0 Å². The van der Waals surface area contributed by atoms with Crippen molar-refractivity contribution < 1.29 is 19.8 Å². The van der Waals surface area contributed by atoms with Crippen LogP contribution >= 0.6 is 0 Å². The van der Waals surface area contributed by atoms with Crippen LogP contribution in [0.15, 0.2) is 23.0 Å². The first-order valence-electron chi connectivity index (χ1n) is 9.62. The fourth-order valence-corrected chi connectivity index (χ4v) is 4.23. The number of imidazole rings is 1. The minimum absolute atomic E-state index is 0.0377. The van der Waals surface area contributed by atoms with Gasteiger partial charge in [0.1, 0.15) is 6.04 Å². The van der Waals surface area contributed by atoms with Gasteiger partial charge >= 0.3 is 11.7 Å². The third-order valence-corrected chi connectivity index (χ3v) is 5.76. The summed E-state index contributed by atoms with van der Waals surface area (Å²) in [6, 6.07) is 4.37. The van der Waals surface area contributed by atoms with E-state index in [9.17, 15) is 19.5 Å². The van der Waals surface area contributed by atoms with Gasteiger partial charge in [0.15, 0.2) is 0 Å². The number of aliphatic carboxylic acids is 1. The Bertz CT molecular complexity index is 957. The topological polar surface area (TPSA) is 128 Å². The van der Waals surface area contributed by atoms with Gasteiger partial charge in [0, 0.05) is 31.2 Å². The van der Waals surface area contributed by atoms with Gasteiger partial charge in [-0.1, -0.05) is 0 Å². The summed E-state index contributed by atoms with van der Waals surface area (Å²) < 4.78 is 1.72. The molecule has 2 heterocycles. The normalized spacial score (nSPS) is 25.8. The number of amides is 1.